The Bertz CT molecular complexity index is 1330. The van der Waals surface area contributed by atoms with Gasteiger partial charge in [-0.05, 0) is 97.3 Å². The summed E-state index contributed by atoms with van der Waals surface area (Å²) >= 11 is 0. The van der Waals surface area contributed by atoms with Crippen LogP contribution in [0, 0.1) is 17.3 Å². The van der Waals surface area contributed by atoms with Crippen LogP contribution < -0.4 is 4.74 Å². The summed E-state index contributed by atoms with van der Waals surface area (Å²) in [5.41, 5.74) is 4.16. The molecule has 1 saturated heterocycles. The first-order chi connectivity index (χ1) is 23.5. The largest absolute Gasteiger partial charge is 0.489 e. The van der Waals surface area contributed by atoms with Crippen LogP contribution in [0.5, 0.6) is 5.75 Å². The van der Waals surface area contributed by atoms with Gasteiger partial charge in [-0.15, -0.1) is 0 Å². The summed E-state index contributed by atoms with van der Waals surface area (Å²) < 4.78 is 32.6. The van der Waals surface area contributed by atoms with Gasteiger partial charge in [0.1, 0.15) is 12.4 Å². The number of rotatable bonds is 16. The maximum atomic E-state index is 6.99. The van der Waals surface area contributed by atoms with E-state index in [2.05, 4.69) is 89.3 Å². The van der Waals surface area contributed by atoms with Crippen molar-refractivity contribution in [2.45, 2.75) is 154 Å². The smallest absolute Gasteiger partial charge is 0.191 e. The topological polar surface area (TPSA) is 46.2 Å². The fourth-order valence-electron chi connectivity index (χ4n) is 9.52. The van der Waals surface area contributed by atoms with E-state index >= 15 is 0 Å². The highest BCUT2D eigenvalue weighted by Crippen LogP contribution is 2.66. The van der Waals surface area contributed by atoms with Crippen molar-refractivity contribution in [3.8, 4) is 5.75 Å². The quantitative estimate of drug-likeness (QED) is 0.130. The van der Waals surface area contributed by atoms with Crippen molar-refractivity contribution in [3.63, 3.8) is 0 Å². The second-order valence-corrected chi connectivity index (χ2v) is 22.2. The summed E-state index contributed by atoms with van der Waals surface area (Å²) in [4.78, 5) is 0. The molecule has 6 heteroatoms. The van der Waals surface area contributed by atoms with Crippen LogP contribution in [0.25, 0.3) is 0 Å². The van der Waals surface area contributed by atoms with E-state index < -0.39 is 14.1 Å². The Labute approximate surface area is 299 Å². The summed E-state index contributed by atoms with van der Waals surface area (Å²) in [6.45, 7) is 18.0. The summed E-state index contributed by atoms with van der Waals surface area (Å²) in [6, 6.07) is 17.4. The standard InChI is InChI=1S/C43H66O5Si/c1-41(2,3)49(5,6)48-27-17-12-10-8-7-9-11-16-26-44-39-31-42(4)38(24-25-43(42)46-28-29-47-43)37-22-20-34-30-35(21-23-36(34)40(37)39)45-32-33-18-14-13-15-19-33/h13-15,18-19,21,23,30,37-40H,7-12,16-17,20,22,24-29,31-32H2,1-6H3/t37-,38-,39-,40+,42-/m0/s1. The SMILES string of the molecule is CC(C)(C)[Si](C)(C)OCCCCCCCCCCO[C@H]1C[C@@]2(C)[C@@H](CCC23OCCO3)[C@@H]2CCc3cc(OCc4ccccc4)ccc3[C@H]21. The second kappa shape index (κ2) is 15.9. The summed E-state index contributed by atoms with van der Waals surface area (Å²) in [7, 11) is -1.60. The van der Waals surface area contributed by atoms with Gasteiger partial charge in [-0.1, -0.05) is 103 Å². The molecule has 0 amide bonds. The van der Waals surface area contributed by atoms with Crippen molar-refractivity contribution < 1.29 is 23.4 Å². The fraction of sp³-hybridized carbons (Fsp3) is 0.721. The molecule has 3 fully saturated rings. The first-order valence-electron chi connectivity index (χ1n) is 19.9. The maximum absolute atomic E-state index is 6.99. The highest BCUT2D eigenvalue weighted by Gasteiger charge is 2.67. The third kappa shape index (κ3) is 8.19. The number of aryl methyl sites for hydroxylation is 1. The Hall–Kier alpha value is -1.70. The summed E-state index contributed by atoms with van der Waals surface area (Å²) in [6.07, 6.45) is 15.9. The van der Waals surface area contributed by atoms with E-state index in [1.165, 1.54) is 74.5 Å². The summed E-state index contributed by atoms with van der Waals surface area (Å²) in [5.74, 6) is 2.20. The number of hydrogen-bond donors (Lipinski definition) is 0. The van der Waals surface area contributed by atoms with Gasteiger partial charge in [-0.25, -0.2) is 0 Å². The van der Waals surface area contributed by atoms with E-state index in [1.807, 2.05) is 0 Å². The molecule has 1 aliphatic heterocycles. The van der Waals surface area contributed by atoms with E-state index in [1.54, 1.807) is 0 Å². The molecule has 0 N–H and O–H groups in total. The highest BCUT2D eigenvalue weighted by molar-refractivity contribution is 6.74. The van der Waals surface area contributed by atoms with Crippen molar-refractivity contribution in [1.82, 2.24) is 0 Å². The Balaban J connectivity index is 1.01. The Morgan fingerprint density at radius 3 is 2.20 bits per heavy atom. The normalized spacial score (nSPS) is 27.6. The Kier molecular flexibility index (Phi) is 12.0. The number of benzene rings is 2. The molecule has 5 atom stereocenters. The average Bonchev–Trinajstić information content (AvgIpc) is 3.68. The lowest BCUT2D eigenvalue weighted by molar-refractivity contribution is -0.249. The van der Waals surface area contributed by atoms with Gasteiger partial charge in [0.25, 0.3) is 0 Å². The van der Waals surface area contributed by atoms with Gasteiger partial charge in [0.15, 0.2) is 14.1 Å². The second-order valence-electron chi connectivity index (χ2n) is 17.4. The zero-order valence-electron chi connectivity index (χ0n) is 31.7. The molecular weight excluding hydrogens is 625 g/mol. The molecule has 3 aliphatic carbocycles. The highest BCUT2D eigenvalue weighted by atomic mass is 28.4. The molecule has 1 spiro atoms. The van der Waals surface area contributed by atoms with Crippen molar-refractivity contribution in [1.29, 1.82) is 0 Å². The van der Waals surface area contributed by atoms with Crippen LogP contribution in [0.2, 0.25) is 18.1 Å². The van der Waals surface area contributed by atoms with Crippen LogP contribution in [0.1, 0.15) is 127 Å². The lowest BCUT2D eigenvalue weighted by Crippen LogP contribution is -2.56. The van der Waals surface area contributed by atoms with Crippen LogP contribution in [0.4, 0.5) is 0 Å². The van der Waals surface area contributed by atoms with Gasteiger partial charge in [0.05, 0.1) is 19.3 Å². The zero-order chi connectivity index (χ0) is 34.5. The van der Waals surface area contributed by atoms with Crippen LogP contribution in [-0.4, -0.2) is 46.6 Å². The lowest BCUT2D eigenvalue weighted by atomic mass is 9.53. The maximum Gasteiger partial charge on any atom is 0.191 e. The molecule has 272 valence electrons. The molecule has 2 saturated carbocycles. The van der Waals surface area contributed by atoms with Crippen molar-refractivity contribution in [2.75, 3.05) is 26.4 Å². The first-order valence-corrected chi connectivity index (χ1v) is 22.8. The Morgan fingerprint density at radius 1 is 0.837 bits per heavy atom. The molecule has 6 rings (SSSR count). The predicted molar refractivity (Wildman–Crippen MR) is 202 cm³/mol. The monoisotopic (exact) mass is 690 g/mol. The van der Waals surface area contributed by atoms with Crippen LogP contribution in [-0.2, 0) is 31.7 Å². The van der Waals surface area contributed by atoms with Gasteiger partial charge in [-0.3, -0.25) is 0 Å². The molecule has 1 heterocycles. The zero-order valence-corrected chi connectivity index (χ0v) is 32.7. The first kappa shape index (κ1) is 37.1. The molecule has 5 nitrogen and oxygen atoms in total. The molecule has 49 heavy (non-hydrogen) atoms. The molecule has 0 unspecified atom stereocenters. The van der Waals surface area contributed by atoms with Gasteiger partial charge in [0, 0.05) is 31.0 Å². The van der Waals surface area contributed by atoms with E-state index in [-0.39, 0.29) is 11.5 Å². The summed E-state index contributed by atoms with van der Waals surface area (Å²) in [5, 5.41) is 0.302. The molecule has 0 bridgehead atoms. The molecule has 0 aromatic heterocycles. The number of hydrogen-bond acceptors (Lipinski definition) is 5. The van der Waals surface area contributed by atoms with Crippen molar-refractivity contribution >= 4 is 8.32 Å². The van der Waals surface area contributed by atoms with Crippen LogP contribution in [0.3, 0.4) is 0 Å². The van der Waals surface area contributed by atoms with Gasteiger partial charge in [-0.2, -0.15) is 0 Å². The molecule has 2 aromatic carbocycles. The van der Waals surface area contributed by atoms with Crippen LogP contribution >= 0.6 is 0 Å². The molecular formula is C43H66O5Si. The minimum Gasteiger partial charge on any atom is -0.489 e. The third-order valence-corrected chi connectivity index (χ3v) is 17.9. The van der Waals surface area contributed by atoms with E-state index in [9.17, 15) is 0 Å². The van der Waals surface area contributed by atoms with Crippen LogP contribution in [0.15, 0.2) is 48.5 Å². The van der Waals surface area contributed by atoms with Crippen molar-refractivity contribution in [2.24, 2.45) is 17.3 Å². The third-order valence-electron chi connectivity index (χ3n) is 13.3. The predicted octanol–water partition coefficient (Wildman–Crippen LogP) is 11.0. The van der Waals surface area contributed by atoms with E-state index in [0.29, 0.717) is 29.4 Å². The molecule has 0 radical (unpaired) electrons. The van der Waals surface area contributed by atoms with Crippen molar-refractivity contribution in [3.05, 3.63) is 65.2 Å². The average molecular weight is 691 g/mol. The lowest BCUT2D eigenvalue weighted by Gasteiger charge is -2.55. The van der Waals surface area contributed by atoms with Gasteiger partial charge in [0.2, 0.25) is 0 Å². The number of unbranched alkanes of at least 4 members (excludes halogenated alkanes) is 7. The molecule has 4 aliphatic rings. The number of fused-ring (bicyclic) bond motifs is 6. The minimum atomic E-state index is -1.60. The number of ether oxygens (including phenoxy) is 4. The van der Waals surface area contributed by atoms with E-state index in [4.69, 9.17) is 23.4 Å². The van der Waals surface area contributed by atoms with Gasteiger partial charge >= 0.3 is 0 Å². The fourth-order valence-corrected chi connectivity index (χ4v) is 10.6. The van der Waals surface area contributed by atoms with Gasteiger partial charge < -0.3 is 23.4 Å². The van der Waals surface area contributed by atoms with E-state index in [0.717, 1.165) is 57.9 Å². The minimum absolute atomic E-state index is 0.00129. The molecule has 2 aromatic rings. The Morgan fingerprint density at radius 2 is 1.51 bits per heavy atom.